The minimum atomic E-state index is -0.782. The first-order valence-electron chi connectivity index (χ1n) is 10.6. The zero-order valence-electron chi connectivity index (χ0n) is 19.0. The van der Waals surface area contributed by atoms with Gasteiger partial charge in [-0.2, -0.15) is 0 Å². The van der Waals surface area contributed by atoms with Gasteiger partial charge >= 0.3 is 12.1 Å². The fourth-order valence-electron chi connectivity index (χ4n) is 3.54. The van der Waals surface area contributed by atoms with Crippen molar-refractivity contribution in [2.45, 2.75) is 52.0 Å². The predicted molar refractivity (Wildman–Crippen MR) is 120 cm³/mol. The third-order valence-electron chi connectivity index (χ3n) is 5.20. The van der Waals surface area contributed by atoms with Crippen molar-refractivity contribution in [3.05, 3.63) is 71.3 Å². The summed E-state index contributed by atoms with van der Waals surface area (Å²) in [7, 11) is 1.55. The number of ether oxygens (including phenoxy) is 2. The maximum atomic E-state index is 13.4. The highest BCUT2D eigenvalue weighted by Gasteiger charge is 2.36. The molecule has 0 unspecified atom stereocenters. The molecular weight excluding hydrogens is 408 g/mol. The molecule has 0 aromatic heterocycles. The largest absolute Gasteiger partial charge is 0.459 e. The summed E-state index contributed by atoms with van der Waals surface area (Å²) in [5.41, 5.74) is 2.09. The number of nitrogens with zero attached hydrogens (tertiary/aromatic N) is 2. The van der Waals surface area contributed by atoms with E-state index in [0.29, 0.717) is 6.42 Å². The monoisotopic (exact) mass is 438 g/mol. The Kier molecular flexibility index (Phi) is 7.18. The molecule has 0 aliphatic carbocycles. The Labute approximate surface area is 188 Å². The number of hydrogen-bond acceptors (Lipinski definition) is 5. The average Bonchev–Trinajstić information content (AvgIpc) is 2.88. The zero-order valence-corrected chi connectivity index (χ0v) is 19.0. The Bertz CT molecular complexity index is 968. The van der Waals surface area contributed by atoms with Crippen molar-refractivity contribution in [2.24, 2.45) is 0 Å². The van der Waals surface area contributed by atoms with E-state index in [1.807, 2.05) is 54.6 Å². The van der Waals surface area contributed by atoms with E-state index < -0.39 is 23.7 Å². The lowest BCUT2D eigenvalue weighted by atomic mass is 10.0. The summed E-state index contributed by atoms with van der Waals surface area (Å²) in [6, 6.07) is 16.3. The smallest absolute Gasteiger partial charge is 0.410 e. The number of carbonyl (C=O) groups is 3. The van der Waals surface area contributed by atoms with Crippen LogP contribution in [0.2, 0.25) is 0 Å². The number of amides is 2. The van der Waals surface area contributed by atoms with E-state index in [0.717, 1.165) is 16.7 Å². The molecule has 0 N–H and O–H groups in total. The number of esters is 1. The Morgan fingerprint density at radius 1 is 1.03 bits per heavy atom. The maximum Gasteiger partial charge on any atom is 0.410 e. The van der Waals surface area contributed by atoms with Crippen molar-refractivity contribution >= 4 is 18.0 Å². The van der Waals surface area contributed by atoms with Gasteiger partial charge in [0, 0.05) is 20.0 Å². The molecule has 1 heterocycles. The summed E-state index contributed by atoms with van der Waals surface area (Å²) in [5, 5.41) is 0. The van der Waals surface area contributed by atoms with Gasteiger partial charge in [-0.3, -0.25) is 14.5 Å². The van der Waals surface area contributed by atoms with Crippen molar-refractivity contribution in [3.63, 3.8) is 0 Å². The van der Waals surface area contributed by atoms with Gasteiger partial charge in [0.15, 0.2) is 0 Å². The molecule has 7 nitrogen and oxygen atoms in total. The molecule has 7 heteroatoms. The van der Waals surface area contributed by atoms with Gasteiger partial charge in [-0.15, -0.1) is 0 Å². The number of benzene rings is 2. The number of rotatable bonds is 5. The minimum absolute atomic E-state index is 0.138. The van der Waals surface area contributed by atoms with Gasteiger partial charge in [0.2, 0.25) is 5.91 Å². The van der Waals surface area contributed by atoms with Crippen LogP contribution in [-0.4, -0.2) is 53.0 Å². The molecule has 3 rings (SSSR count). The SMILES string of the molecule is CN(C(=O)OC(C)(C)C)[C@@H]1Cc2ccccc2CN(CC(=O)OCc2ccccc2)C1=O. The van der Waals surface area contributed by atoms with Gasteiger partial charge in [0.25, 0.3) is 0 Å². The Morgan fingerprint density at radius 3 is 2.31 bits per heavy atom. The lowest BCUT2D eigenvalue weighted by Gasteiger charge is -2.31. The van der Waals surface area contributed by atoms with E-state index in [1.54, 1.807) is 27.8 Å². The normalized spacial score (nSPS) is 16.1. The van der Waals surface area contributed by atoms with E-state index in [1.165, 1.54) is 9.80 Å². The lowest BCUT2D eigenvalue weighted by molar-refractivity contribution is -0.152. The molecule has 0 saturated carbocycles. The topological polar surface area (TPSA) is 76.2 Å². The van der Waals surface area contributed by atoms with Crippen molar-refractivity contribution in [1.29, 1.82) is 0 Å². The second-order valence-corrected chi connectivity index (χ2v) is 8.92. The van der Waals surface area contributed by atoms with Crippen LogP contribution in [0.15, 0.2) is 54.6 Å². The number of likely N-dealkylation sites (N-methyl/N-ethyl adjacent to an activating group) is 1. The number of hydrogen-bond donors (Lipinski definition) is 0. The maximum absolute atomic E-state index is 13.4. The summed E-state index contributed by atoms with van der Waals surface area (Å²) < 4.78 is 10.8. The van der Waals surface area contributed by atoms with Crippen LogP contribution >= 0.6 is 0 Å². The van der Waals surface area contributed by atoms with Crippen LogP contribution in [0.5, 0.6) is 0 Å². The van der Waals surface area contributed by atoms with E-state index in [2.05, 4.69) is 0 Å². The summed E-state index contributed by atoms with van der Waals surface area (Å²) in [4.78, 5) is 41.4. The number of fused-ring (bicyclic) bond motifs is 1. The highest BCUT2D eigenvalue weighted by Crippen LogP contribution is 2.23. The van der Waals surface area contributed by atoms with Gasteiger partial charge < -0.3 is 14.4 Å². The molecule has 0 saturated heterocycles. The quantitative estimate of drug-likeness (QED) is 0.668. The average molecular weight is 439 g/mol. The van der Waals surface area contributed by atoms with Crippen molar-refractivity contribution in [2.75, 3.05) is 13.6 Å². The van der Waals surface area contributed by atoms with Gasteiger partial charge in [-0.1, -0.05) is 54.6 Å². The molecule has 2 amide bonds. The molecule has 0 bridgehead atoms. The molecule has 1 aliphatic heterocycles. The van der Waals surface area contributed by atoms with Crippen LogP contribution in [0.25, 0.3) is 0 Å². The van der Waals surface area contributed by atoms with E-state index in [4.69, 9.17) is 9.47 Å². The fourth-order valence-corrected chi connectivity index (χ4v) is 3.54. The van der Waals surface area contributed by atoms with Gasteiger partial charge in [0.1, 0.15) is 24.8 Å². The zero-order chi connectivity index (χ0) is 23.3. The molecule has 0 spiro atoms. The first-order chi connectivity index (χ1) is 15.1. The summed E-state index contributed by atoms with van der Waals surface area (Å²) in [6.07, 6.45) is -0.234. The molecule has 0 radical (unpaired) electrons. The van der Waals surface area contributed by atoms with Crippen molar-refractivity contribution < 1.29 is 23.9 Å². The van der Waals surface area contributed by atoms with E-state index >= 15 is 0 Å². The second kappa shape index (κ2) is 9.85. The fraction of sp³-hybridized carbons (Fsp3) is 0.400. The lowest BCUT2D eigenvalue weighted by Crippen LogP contribution is -2.51. The molecule has 32 heavy (non-hydrogen) atoms. The van der Waals surface area contributed by atoms with Gasteiger partial charge in [-0.25, -0.2) is 4.79 Å². The summed E-state index contributed by atoms with van der Waals surface area (Å²) in [6.45, 7) is 5.54. The highest BCUT2D eigenvalue weighted by molar-refractivity contribution is 5.89. The standard InChI is InChI=1S/C25H30N2O5/c1-25(2,3)32-24(30)26(4)21-14-19-12-8-9-13-20(19)15-27(23(21)29)16-22(28)31-17-18-10-6-5-7-11-18/h5-13,21H,14-17H2,1-4H3/t21-/m1/s1. The molecule has 0 fully saturated rings. The van der Waals surface area contributed by atoms with Gasteiger partial charge in [0.05, 0.1) is 0 Å². The van der Waals surface area contributed by atoms with Crippen LogP contribution in [0, 0.1) is 0 Å². The van der Waals surface area contributed by atoms with Crippen LogP contribution in [0.4, 0.5) is 4.79 Å². The minimum Gasteiger partial charge on any atom is -0.459 e. The van der Waals surface area contributed by atoms with Crippen LogP contribution in [0.3, 0.4) is 0 Å². The Hall–Kier alpha value is -3.35. The summed E-state index contributed by atoms with van der Waals surface area (Å²) in [5.74, 6) is -0.813. The third kappa shape index (κ3) is 6.09. The van der Waals surface area contributed by atoms with Gasteiger partial charge in [-0.05, 0) is 37.5 Å². The number of carbonyl (C=O) groups excluding carboxylic acids is 3. The molecule has 1 atom stereocenters. The van der Waals surface area contributed by atoms with E-state index in [9.17, 15) is 14.4 Å². The Balaban J connectivity index is 1.76. The van der Waals surface area contributed by atoms with E-state index in [-0.39, 0.29) is 25.6 Å². The first kappa shape index (κ1) is 23.3. The second-order valence-electron chi connectivity index (χ2n) is 8.92. The molecule has 2 aromatic carbocycles. The van der Waals surface area contributed by atoms with Crippen molar-refractivity contribution in [1.82, 2.24) is 9.80 Å². The third-order valence-corrected chi connectivity index (χ3v) is 5.20. The highest BCUT2D eigenvalue weighted by atomic mass is 16.6. The van der Waals surface area contributed by atoms with Crippen LogP contribution in [0.1, 0.15) is 37.5 Å². The predicted octanol–water partition coefficient (Wildman–Crippen LogP) is 3.55. The molecular formula is C25H30N2O5. The molecule has 1 aliphatic rings. The van der Waals surface area contributed by atoms with Crippen molar-refractivity contribution in [3.8, 4) is 0 Å². The Morgan fingerprint density at radius 2 is 1.66 bits per heavy atom. The molecule has 170 valence electrons. The van der Waals surface area contributed by atoms with Crippen LogP contribution in [-0.2, 0) is 38.6 Å². The first-order valence-corrected chi connectivity index (χ1v) is 10.6. The summed E-state index contributed by atoms with van der Waals surface area (Å²) >= 11 is 0. The van der Waals surface area contributed by atoms with Crippen LogP contribution < -0.4 is 0 Å². The molecule has 2 aromatic rings.